The number of aliphatic hydroxyl groups excluding tert-OH is 1. The van der Waals surface area contributed by atoms with E-state index in [2.05, 4.69) is 0 Å². The molecule has 2 heterocycles. The highest BCUT2D eigenvalue weighted by atomic mass is 32.2. The molecular formula is C64H64O14S. The number of carbonyl (C=O) groups excluding carboxylic acids is 3. The van der Waals surface area contributed by atoms with Crippen LogP contribution in [-0.4, -0.2) is 96.8 Å². The fraction of sp³-hybridized carbons (Fsp3) is 0.297. The molecule has 14 nitrogen and oxygen atoms in total. The van der Waals surface area contributed by atoms with Gasteiger partial charge in [0.2, 0.25) is 0 Å². The predicted octanol–water partition coefficient (Wildman–Crippen LogP) is 10.2. The van der Waals surface area contributed by atoms with Crippen molar-refractivity contribution in [1.29, 1.82) is 0 Å². The van der Waals surface area contributed by atoms with Crippen LogP contribution in [0.25, 0.3) is 0 Å². The van der Waals surface area contributed by atoms with E-state index in [1.165, 1.54) is 11.8 Å². The Bertz CT molecular complexity index is 2890. The molecule has 0 unspecified atom stereocenters. The first-order valence-corrected chi connectivity index (χ1v) is 27.3. The first-order chi connectivity index (χ1) is 38.8. The van der Waals surface area contributed by atoms with Crippen LogP contribution in [-0.2, 0) is 90.0 Å². The second-order valence-corrected chi connectivity index (χ2v) is 20.1. The standard InChI is InChI=1S/C64H64O14S/c65-54(36-37-55(66)77-58-56(67)52(43-69-38-45-22-8-1-9-23-45)75-63(74-42-49-30-16-5-17-31-49)60(58)78-62(68)50-32-18-6-19-33-50)70-44-53-57(71-39-46-24-10-2-11-25-46)59(72-40-47-26-12-3-13-27-47)61(73-41-48-28-14-4-15-29-48)64(76-53)79-51-34-20-7-21-35-51/h1-35,52-53,56-61,63-64,67H,36-44H2/t52-,53+,56-,57+,58+,59-,60-,61-,63+,64+/m1/s1. The lowest BCUT2D eigenvalue weighted by molar-refractivity contribution is -0.307. The highest BCUT2D eigenvalue weighted by Crippen LogP contribution is 2.39. The Balaban J connectivity index is 0.925. The molecule has 7 aromatic rings. The van der Waals surface area contributed by atoms with Crippen LogP contribution in [0, 0.1) is 0 Å². The number of hydrogen-bond donors (Lipinski definition) is 1. The van der Waals surface area contributed by atoms with E-state index in [1.807, 2.05) is 182 Å². The maximum atomic E-state index is 14.0. The third-order valence-corrected chi connectivity index (χ3v) is 14.3. The van der Waals surface area contributed by atoms with E-state index >= 15 is 0 Å². The highest BCUT2D eigenvalue weighted by Gasteiger charge is 2.52. The van der Waals surface area contributed by atoms with Gasteiger partial charge in [-0.15, -0.1) is 0 Å². The zero-order valence-electron chi connectivity index (χ0n) is 43.5. The molecule has 9 rings (SSSR count). The molecule has 0 aliphatic carbocycles. The number of ether oxygens (including phenoxy) is 10. The minimum Gasteiger partial charge on any atom is -0.463 e. The summed E-state index contributed by atoms with van der Waals surface area (Å²) in [5, 5.41) is 12.0. The van der Waals surface area contributed by atoms with Crippen LogP contribution in [0.5, 0.6) is 0 Å². The topological polar surface area (TPSA) is 164 Å². The van der Waals surface area contributed by atoms with E-state index in [0.29, 0.717) is 0 Å². The van der Waals surface area contributed by atoms with Gasteiger partial charge in [0, 0.05) is 4.90 Å². The van der Waals surface area contributed by atoms with E-state index < -0.39 is 91.3 Å². The van der Waals surface area contributed by atoms with Crippen molar-refractivity contribution in [2.24, 2.45) is 0 Å². The summed E-state index contributed by atoms with van der Waals surface area (Å²) < 4.78 is 63.9. The summed E-state index contributed by atoms with van der Waals surface area (Å²) in [7, 11) is 0. The van der Waals surface area contributed by atoms with E-state index in [4.69, 9.17) is 47.4 Å². The summed E-state index contributed by atoms with van der Waals surface area (Å²) in [6.45, 7) is 0.508. The number of esters is 3. The maximum Gasteiger partial charge on any atom is 0.338 e. The lowest BCUT2D eigenvalue weighted by Crippen LogP contribution is -2.61. The van der Waals surface area contributed by atoms with Crippen LogP contribution < -0.4 is 0 Å². The lowest BCUT2D eigenvalue weighted by Gasteiger charge is -2.45. The van der Waals surface area contributed by atoms with Gasteiger partial charge in [0.25, 0.3) is 0 Å². The summed E-state index contributed by atoms with van der Waals surface area (Å²) in [5.74, 6) is -2.37. The average molecular weight is 1090 g/mol. The molecule has 2 fully saturated rings. The normalized spacial score (nSPS) is 22.8. The van der Waals surface area contributed by atoms with Crippen molar-refractivity contribution in [3.8, 4) is 0 Å². The second kappa shape index (κ2) is 29.8. The number of thioether (sulfide) groups is 1. The molecule has 10 atom stereocenters. The zero-order chi connectivity index (χ0) is 54.4. The minimum absolute atomic E-state index is 0.0287. The van der Waals surface area contributed by atoms with Crippen LogP contribution in [0.1, 0.15) is 51.0 Å². The van der Waals surface area contributed by atoms with Gasteiger partial charge in [0.1, 0.15) is 48.7 Å². The quantitative estimate of drug-likeness (QED) is 0.0402. The average Bonchev–Trinajstić information content (AvgIpc) is 3.53. The summed E-state index contributed by atoms with van der Waals surface area (Å²) >= 11 is 1.46. The van der Waals surface area contributed by atoms with Gasteiger partial charge in [0.15, 0.2) is 18.5 Å². The molecule has 7 aromatic carbocycles. The van der Waals surface area contributed by atoms with Gasteiger partial charge < -0.3 is 52.5 Å². The SMILES string of the molecule is O=C(CCC(=O)O[C@H]1[C@H](O)[C@@H](COCc2ccccc2)O[C@H](OCc2ccccc2)[C@@H]1OC(=O)c1ccccc1)OC[C@@H]1O[C@@H](Sc2ccccc2)[C@H](OCc2ccccc2)[C@H](OCc2ccccc2)[C@H]1OCc1ccccc1. The molecule has 0 aromatic heterocycles. The Kier molecular flexibility index (Phi) is 21.4. The van der Waals surface area contributed by atoms with Crippen molar-refractivity contribution in [2.75, 3.05) is 13.2 Å². The number of aliphatic hydroxyl groups is 1. The number of rotatable bonds is 26. The summed E-state index contributed by atoms with van der Waals surface area (Å²) in [6, 6.07) is 66.2. The van der Waals surface area contributed by atoms with Gasteiger partial charge in [-0.3, -0.25) is 9.59 Å². The maximum absolute atomic E-state index is 14.0. The Morgan fingerprint density at radius 1 is 0.418 bits per heavy atom. The molecule has 1 N–H and O–H groups in total. The van der Waals surface area contributed by atoms with Crippen LogP contribution in [0.3, 0.4) is 0 Å². The van der Waals surface area contributed by atoms with E-state index in [0.717, 1.165) is 32.7 Å². The molecule has 2 aliphatic rings. The molecular weight excluding hydrogens is 1020 g/mol. The monoisotopic (exact) mass is 1090 g/mol. The van der Waals surface area contributed by atoms with Gasteiger partial charge in [-0.25, -0.2) is 4.79 Å². The van der Waals surface area contributed by atoms with Crippen LogP contribution in [0.2, 0.25) is 0 Å². The summed E-state index contributed by atoms with van der Waals surface area (Å²) in [5.41, 5.74) is 4.04. The molecule has 0 spiro atoms. The molecule has 79 heavy (non-hydrogen) atoms. The van der Waals surface area contributed by atoms with Crippen LogP contribution in [0.15, 0.2) is 217 Å². The summed E-state index contributed by atoms with van der Waals surface area (Å²) in [6.07, 6.45) is -10.9. The van der Waals surface area contributed by atoms with Gasteiger partial charge in [0.05, 0.1) is 58.0 Å². The molecule has 2 aliphatic heterocycles. The molecule has 0 saturated carbocycles. The largest absolute Gasteiger partial charge is 0.463 e. The molecule has 2 saturated heterocycles. The van der Waals surface area contributed by atoms with Crippen molar-refractivity contribution in [3.05, 3.63) is 246 Å². The second-order valence-electron chi connectivity index (χ2n) is 19.0. The number of carbonyl (C=O) groups is 3. The van der Waals surface area contributed by atoms with Crippen molar-refractivity contribution in [1.82, 2.24) is 0 Å². The van der Waals surface area contributed by atoms with Crippen molar-refractivity contribution in [2.45, 2.75) is 111 Å². The Morgan fingerprint density at radius 2 is 0.861 bits per heavy atom. The zero-order valence-corrected chi connectivity index (χ0v) is 44.3. The predicted molar refractivity (Wildman–Crippen MR) is 294 cm³/mol. The summed E-state index contributed by atoms with van der Waals surface area (Å²) in [4.78, 5) is 42.5. The minimum atomic E-state index is -1.56. The molecule has 0 bridgehead atoms. The van der Waals surface area contributed by atoms with Crippen molar-refractivity contribution in [3.63, 3.8) is 0 Å². The number of hydrogen-bond acceptors (Lipinski definition) is 15. The van der Waals surface area contributed by atoms with Crippen LogP contribution >= 0.6 is 11.8 Å². The highest BCUT2D eigenvalue weighted by molar-refractivity contribution is 7.99. The Hall–Kier alpha value is -7.02. The fourth-order valence-corrected chi connectivity index (χ4v) is 10.2. The molecule has 15 heteroatoms. The molecule has 0 radical (unpaired) electrons. The van der Waals surface area contributed by atoms with Gasteiger partial charge in [-0.1, -0.05) is 200 Å². The third-order valence-electron chi connectivity index (χ3n) is 13.2. The lowest BCUT2D eigenvalue weighted by atomic mass is 9.98. The van der Waals surface area contributed by atoms with Gasteiger partial charge in [-0.2, -0.15) is 0 Å². The fourth-order valence-electron chi connectivity index (χ4n) is 9.08. The van der Waals surface area contributed by atoms with E-state index in [1.54, 1.807) is 30.3 Å². The molecule has 410 valence electrons. The first kappa shape index (κ1) is 56.7. The van der Waals surface area contributed by atoms with Crippen molar-refractivity contribution >= 4 is 29.7 Å². The first-order valence-electron chi connectivity index (χ1n) is 26.4. The Labute approximate surface area is 464 Å². The smallest absolute Gasteiger partial charge is 0.338 e. The molecule has 0 amide bonds. The van der Waals surface area contributed by atoms with E-state index in [-0.39, 0.29) is 51.8 Å². The van der Waals surface area contributed by atoms with Crippen molar-refractivity contribution < 1.29 is 66.9 Å². The third kappa shape index (κ3) is 17.0. The van der Waals surface area contributed by atoms with Gasteiger partial charge in [-0.05, 0) is 52.1 Å². The van der Waals surface area contributed by atoms with Gasteiger partial charge >= 0.3 is 17.9 Å². The van der Waals surface area contributed by atoms with Crippen LogP contribution in [0.4, 0.5) is 0 Å². The number of benzene rings is 7. The Morgan fingerprint density at radius 3 is 1.39 bits per heavy atom. The van der Waals surface area contributed by atoms with E-state index in [9.17, 15) is 19.5 Å².